The van der Waals surface area contributed by atoms with Crippen LogP contribution in [0, 0.1) is 5.92 Å². The van der Waals surface area contributed by atoms with E-state index in [2.05, 4.69) is 20.9 Å². The number of carboxylic acids is 1. The normalized spacial score (nSPS) is 16.1. The van der Waals surface area contributed by atoms with Crippen molar-refractivity contribution >= 4 is 41.4 Å². The molecule has 0 saturated carbocycles. The highest BCUT2D eigenvalue weighted by atomic mass is 32.2. The summed E-state index contributed by atoms with van der Waals surface area (Å²) in [5, 5.41) is 26.7. The first-order valence-electron chi connectivity index (χ1n) is 11.5. The molecule has 0 aromatic heterocycles. The first-order valence-corrected chi connectivity index (χ1v) is 12.9. The molecule has 0 spiro atoms. The van der Waals surface area contributed by atoms with Gasteiger partial charge in [0, 0.05) is 6.54 Å². The van der Waals surface area contributed by atoms with Crippen LogP contribution in [0.15, 0.2) is 4.99 Å². The van der Waals surface area contributed by atoms with Crippen LogP contribution in [-0.4, -0.2) is 88.7 Å². The third kappa shape index (κ3) is 12.6. The van der Waals surface area contributed by atoms with Crippen LogP contribution in [0.5, 0.6) is 0 Å². The molecule has 0 aliphatic heterocycles. The zero-order valence-corrected chi connectivity index (χ0v) is 21.6. The lowest BCUT2D eigenvalue weighted by Gasteiger charge is -2.26. The summed E-state index contributed by atoms with van der Waals surface area (Å²) in [4.78, 5) is 53.8. The lowest BCUT2D eigenvalue weighted by atomic mass is 9.98. The quantitative estimate of drug-likeness (QED) is 0.0602. The highest BCUT2D eigenvalue weighted by molar-refractivity contribution is 7.98. The second-order valence-electron chi connectivity index (χ2n) is 8.33. The Kier molecular flexibility index (Phi) is 15.7. The molecular formula is C21H41N7O6S. The third-order valence-electron chi connectivity index (χ3n) is 5.42. The van der Waals surface area contributed by atoms with Crippen LogP contribution in [-0.2, 0) is 19.2 Å². The maximum Gasteiger partial charge on any atom is 0.326 e. The minimum Gasteiger partial charge on any atom is -0.480 e. The van der Waals surface area contributed by atoms with Gasteiger partial charge < -0.3 is 43.4 Å². The Labute approximate surface area is 210 Å². The van der Waals surface area contributed by atoms with Gasteiger partial charge in [-0.1, -0.05) is 20.3 Å². The minimum absolute atomic E-state index is 0.118. The van der Waals surface area contributed by atoms with Crippen molar-refractivity contribution in [2.75, 3.05) is 18.6 Å². The van der Waals surface area contributed by atoms with Crippen LogP contribution < -0.4 is 33.2 Å². The summed E-state index contributed by atoms with van der Waals surface area (Å²) in [7, 11) is 0. The van der Waals surface area contributed by atoms with Gasteiger partial charge in [-0.05, 0) is 44.1 Å². The summed E-state index contributed by atoms with van der Waals surface area (Å²) in [5.41, 5.74) is 16.3. The van der Waals surface area contributed by atoms with E-state index in [0.29, 0.717) is 18.6 Å². The van der Waals surface area contributed by atoms with E-state index < -0.39 is 54.0 Å². The summed E-state index contributed by atoms with van der Waals surface area (Å²) < 4.78 is 0. The summed E-state index contributed by atoms with van der Waals surface area (Å²) in [6.07, 6.45) is 1.92. The lowest BCUT2D eigenvalue weighted by Crippen LogP contribution is -2.58. The van der Waals surface area contributed by atoms with E-state index in [1.807, 2.05) is 6.26 Å². The molecule has 11 N–H and O–H groups in total. The molecule has 0 heterocycles. The van der Waals surface area contributed by atoms with Gasteiger partial charge in [0.1, 0.15) is 24.2 Å². The molecule has 0 bridgehead atoms. The summed E-state index contributed by atoms with van der Waals surface area (Å²) in [6.45, 7) is 5.06. The van der Waals surface area contributed by atoms with E-state index in [1.54, 1.807) is 13.8 Å². The number of aliphatic imine (C=N–C) groups is 1. The third-order valence-corrected chi connectivity index (χ3v) is 6.07. The van der Waals surface area contributed by atoms with Crippen molar-refractivity contribution in [1.29, 1.82) is 0 Å². The Morgan fingerprint density at radius 2 is 1.51 bits per heavy atom. The average Bonchev–Trinajstić information content (AvgIpc) is 2.79. The molecule has 6 atom stereocenters. The van der Waals surface area contributed by atoms with E-state index in [0.717, 1.165) is 0 Å². The van der Waals surface area contributed by atoms with Gasteiger partial charge in [0.25, 0.3) is 0 Å². The Bertz CT molecular complexity index is 733. The van der Waals surface area contributed by atoms with Gasteiger partial charge >= 0.3 is 5.97 Å². The molecule has 0 rings (SSSR count). The highest BCUT2D eigenvalue weighted by Crippen LogP contribution is 2.10. The zero-order valence-electron chi connectivity index (χ0n) is 20.8. The summed E-state index contributed by atoms with van der Waals surface area (Å²) in [6, 6.07) is -4.48. The second-order valence-corrected chi connectivity index (χ2v) is 9.31. The number of nitrogens with one attached hydrogen (secondary N) is 3. The zero-order chi connectivity index (χ0) is 27.1. The predicted octanol–water partition coefficient (Wildman–Crippen LogP) is -1.91. The molecule has 3 amide bonds. The predicted molar refractivity (Wildman–Crippen MR) is 135 cm³/mol. The molecule has 35 heavy (non-hydrogen) atoms. The number of nitrogens with zero attached hydrogens (tertiary/aromatic N) is 1. The molecule has 202 valence electrons. The largest absolute Gasteiger partial charge is 0.480 e. The molecule has 0 aliphatic carbocycles. The monoisotopic (exact) mass is 519 g/mol. The van der Waals surface area contributed by atoms with Gasteiger partial charge in [0.05, 0.1) is 6.10 Å². The number of aliphatic hydroxyl groups is 1. The summed E-state index contributed by atoms with van der Waals surface area (Å²) in [5.74, 6) is -3.14. The number of carbonyl (C=O) groups excluding carboxylic acids is 3. The highest BCUT2D eigenvalue weighted by Gasteiger charge is 2.32. The molecule has 6 unspecified atom stereocenters. The summed E-state index contributed by atoms with van der Waals surface area (Å²) >= 11 is 1.46. The number of nitrogens with two attached hydrogens (primary N) is 3. The van der Waals surface area contributed by atoms with Crippen molar-refractivity contribution in [3.63, 3.8) is 0 Å². The Morgan fingerprint density at radius 1 is 0.971 bits per heavy atom. The van der Waals surface area contributed by atoms with Crippen LogP contribution in [0.2, 0.25) is 0 Å². The molecule has 0 aromatic rings. The first kappa shape index (κ1) is 32.4. The van der Waals surface area contributed by atoms with Crippen LogP contribution in [0.25, 0.3) is 0 Å². The van der Waals surface area contributed by atoms with Crippen molar-refractivity contribution in [3.05, 3.63) is 0 Å². The smallest absolute Gasteiger partial charge is 0.326 e. The number of rotatable bonds is 17. The number of carboxylic acid groups (broad SMARTS) is 1. The van der Waals surface area contributed by atoms with E-state index >= 15 is 0 Å². The average molecular weight is 520 g/mol. The topological polar surface area (TPSA) is 235 Å². The van der Waals surface area contributed by atoms with Gasteiger partial charge in [-0.15, -0.1) is 0 Å². The Hall–Kier alpha value is -2.58. The number of carbonyl (C=O) groups is 4. The molecule has 0 aliphatic rings. The van der Waals surface area contributed by atoms with Gasteiger partial charge in [-0.25, -0.2) is 4.79 Å². The number of amides is 3. The van der Waals surface area contributed by atoms with Crippen molar-refractivity contribution in [1.82, 2.24) is 16.0 Å². The van der Waals surface area contributed by atoms with Crippen LogP contribution >= 0.6 is 11.8 Å². The fraction of sp³-hybridized carbons (Fsp3) is 0.762. The van der Waals surface area contributed by atoms with Crippen LogP contribution in [0.4, 0.5) is 0 Å². The van der Waals surface area contributed by atoms with Crippen molar-refractivity contribution in [3.8, 4) is 0 Å². The molecule has 14 heteroatoms. The minimum atomic E-state index is -1.23. The Balaban J connectivity index is 5.64. The molecular weight excluding hydrogens is 478 g/mol. The number of guanidine groups is 1. The van der Waals surface area contributed by atoms with Gasteiger partial charge in [-0.3, -0.25) is 19.4 Å². The number of aliphatic hydroxyl groups excluding tert-OH is 1. The molecule has 13 nitrogen and oxygen atoms in total. The first-order chi connectivity index (χ1) is 16.3. The van der Waals surface area contributed by atoms with Crippen molar-refractivity contribution in [2.45, 2.75) is 76.7 Å². The standard InChI is InChI=1S/C21H41N7O6S/c1-5-11(2)16(20(33)34)28-18(31)13(7-6-9-25-21(23)24)26-17(30)14(8-10-35-4)27-19(32)15(22)12(3)29/h11-16,29H,5-10,22H2,1-4H3,(H,26,30)(H,27,32)(H,28,31)(H,33,34)(H4,23,24,25). The fourth-order valence-corrected chi connectivity index (χ4v) is 3.44. The van der Waals surface area contributed by atoms with E-state index in [4.69, 9.17) is 17.2 Å². The van der Waals surface area contributed by atoms with Gasteiger partial charge in [0.2, 0.25) is 17.7 Å². The van der Waals surface area contributed by atoms with Crippen molar-refractivity contribution in [2.24, 2.45) is 28.1 Å². The number of aliphatic carboxylic acids is 1. The van der Waals surface area contributed by atoms with Crippen LogP contribution in [0.1, 0.15) is 46.5 Å². The number of hydrogen-bond donors (Lipinski definition) is 8. The molecule has 0 fully saturated rings. The molecule has 0 radical (unpaired) electrons. The maximum atomic E-state index is 13.0. The number of thioether (sulfide) groups is 1. The molecule has 0 aromatic carbocycles. The maximum absolute atomic E-state index is 13.0. The van der Waals surface area contributed by atoms with Crippen molar-refractivity contribution < 1.29 is 29.4 Å². The SMILES string of the molecule is CCC(C)C(NC(=O)C(CCCN=C(N)N)NC(=O)C(CCSC)NC(=O)C(N)C(C)O)C(=O)O. The van der Waals surface area contributed by atoms with Crippen LogP contribution in [0.3, 0.4) is 0 Å². The number of hydrogen-bond acceptors (Lipinski definition) is 8. The molecule has 0 saturated heterocycles. The van der Waals surface area contributed by atoms with E-state index in [-0.39, 0.29) is 31.3 Å². The van der Waals surface area contributed by atoms with E-state index in [1.165, 1.54) is 18.7 Å². The van der Waals surface area contributed by atoms with Gasteiger partial charge in [0.15, 0.2) is 5.96 Å². The second kappa shape index (κ2) is 16.9. The fourth-order valence-electron chi connectivity index (χ4n) is 2.97. The van der Waals surface area contributed by atoms with Gasteiger partial charge in [-0.2, -0.15) is 11.8 Å². The Morgan fingerprint density at radius 3 is 2.00 bits per heavy atom. The lowest BCUT2D eigenvalue weighted by molar-refractivity contribution is -0.144. The van der Waals surface area contributed by atoms with E-state index in [9.17, 15) is 29.4 Å².